The minimum Gasteiger partial charge on any atom is -0.485 e. The van der Waals surface area contributed by atoms with Gasteiger partial charge in [0.25, 0.3) is 0 Å². The predicted octanol–water partition coefficient (Wildman–Crippen LogP) is 5.28. The normalized spacial score (nSPS) is 11.1. The van der Waals surface area contributed by atoms with Crippen LogP contribution in [0.1, 0.15) is 54.0 Å². The maximum atomic E-state index is 12.4. The molecule has 0 N–H and O–H groups in total. The topological polar surface area (TPSA) is 57.0 Å². The number of Topliss-reactive ketones (excluding diaryl/α,β-unsaturated/α-hetero) is 1. The fourth-order valence-corrected chi connectivity index (χ4v) is 3.99. The molecule has 6 heteroatoms. The number of hydrogen-bond acceptors (Lipinski definition) is 5. The molecule has 152 valence electrons. The highest BCUT2D eigenvalue weighted by Gasteiger charge is 2.15. The van der Waals surface area contributed by atoms with Gasteiger partial charge < -0.3 is 9.30 Å². The molecule has 0 atom stereocenters. The monoisotopic (exact) mass is 409 g/mol. The Labute approximate surface area is 176 Å². The number of aryl methyl sites for hydroxylation is 1. The number of aromatic nitrogens is 3. The molecular formula is C23H27N3O2S. The summed E-state index contributed by atoms with van der Waals surface area (Å²) in [6.45, 7) is 9.48. The molecule has 0 aliphatic rings. The lowest BCUT2D eigenvalue weighted by Gasteiger charge is -2.15. The molecule has 0 amide bonds. The molecule has 0 fully saturated rings. The van der Waals surface area contributed by atoms with Crippen molar-refractivity contribution in [3.63, 3.8) is 0 Å². The Bertz CT molecular complexity index is 968. The van der Waals surface area contributed by atoms with Crippen molar-refractivity contribution in [1.29, 1.82) is 0 Å². The van der Waals surface area contributed by atoms with Gasteiger partial charge in [-0.2, -0.15) is 0 Å². The van der Waals surface area contributed by atoms with Crippen molar-refractivity contribution in [1.82, 2.24) is 14.8 Å². The van der Waals surface area contributed by atoms with E-state index in [-0.39, 0.29) is 5.78 Å². The Hall–Kier alpha value is -2.60. The average Bonchev–Trinajstić information content (AvgIpc) is 3.12. The first kappa shape index (κ1) is 21.1. The zero-order valence-corrected chi connectivity index (χ0v) is 18.2. The van der Waals surface area contributed by atoms with E-state index in [1.165, 1.54) is 17.3 Å². The zero-order valence-electron chi connectivity index (χ0n) is 17.4. The molecule has 1 heterocycles. The number of ether oxygens (including phenoxy) is 1. The van der Waals surface area contributed by atoms with Gasteiger partial charge in [0.1, 0.15) is 12.4 Å². The summed E-state index contributed by atoms with van der Waals surface area (Å²) in [4.78, 5) is 12.4. The van der Waals surface area contributed by atoms with Crippen molar-refractivity contribution in [2.24, 2.45) is 0 Å². The summed E-state index contributed by atoms with van der Waals surface area (Å²) in [5, 5.41) is 9.33. The van der Waals surface area contributed by atoms with E-state index in [1.54, 1.807) is 0 Å². The summed E-state index contributed by atoms with van der Waals surface area (Å²) in [6, 6.07) is 15.6. The number of thioether (sulfide) groups is 1. The summed E-state index contributed by atoms with van der Waals surface area (Å²) in [5.74, 6) is 2.45. The highest BCUT2D eigenvalue weighted by atomic mass is 32.2. The van der Waals surface area contributed by atoms with Crippen LogP contribution in [0.3, 0.4) is 0 Å². The molecule has 1 aromatic heterocycles. The van der Waals surface area contributed by atoms with Gasteiger partial charge in [0, 0.05) is 12.1 Å². The van der Waals surface area contributed by atoms with Gasteiger partial charge in [-0.25, -0.2) is 0 Å². The van der Waals surface area contributed by atoms with E-state index in [0.717, 1.165) is 28.8 Å². The third-order valence-electron chi connectivity index (χ3n) is 4.69. The van der Waals surface area contributed by atoms with E-state index in [1.807, 2.05) is 41.8 Å². The van der Waals surface area contributed by atoms with Gasteiger partial charge in [-0.3, -0.25) is 4.79 Å². The Morgan fingerprint density at radius 1 is 1.14 bits per heavy atom. The zero-order chi connectivity index (χ0) is 20.8. The molecule has 29 heavy (non-hydrogen) atoms. The van der Waals surface area contributed by atoms with Gasteiger partial charge in [0.15, 0.2) is 16.8 Å². The van der Waals surface area contributed by atoms with Gasteiger partial charge >= 0.3 is 0 Å². The first-order chi connectivity index (χ1) is 14.0. The van der Waals surface area contributed by atoms with Crippen LogP contribution in [0, 0.1) is 6.92 Å². The summed E-state index contributed by atoms with van der Waals surface area (Å²) >= 11 is 1.41. The van der Waals surface area contributed by atoms with E-state index in [4.69, 9.17) is 4.74 Å². The summed E-state index contributed by atoms with van der Waals surface area (Å²) in [6.07, 6.45) is 0. The van der Waals surface area contributed by atoms with E-state index in [0.29, 0.717) is 23.8 Å². The number of carbonyl (C=O) groups is 1. The summed E-state index contributed by atoms with van der Waals surface area (Å²) in [7, 11) is 0. The fourth-order valence-electron chi connectivity index (χ4n) is 3.07. The van der Waals surface area contributed by atoms with E-state index in [2.05, 4.69) is 49.2 Å². The lowest BCUT2D eigenvalue weighted by atomic mass is 10.0. The Morgan fingerprint density at radius 3 is 2.59 bits per heavy atom. The predicted molar refractivity (Wildman–Crippen MR) is 117 cm³/mol. The second kappa shape index (κ2) is 9.74. The van der Waals surface area contributed by atoms with Crippen LogP contribution in [-0.2, 0) is 13.2 Å². The largest absolute Gasteiger partial charge is 0.485 e. The molecule has 0 spiro atoms. The standard InChI is InChI=1S/C23H27N3O2S/c1-5-26-22(14-28-21-13-17(4)11-12-19(21)16(2)3)24-25-23(26)29-15-20(27)18-9-7-6-8-10-18/h6-13,16H,5,14-15H2,1-4H3. The third kappa shape index (κ3) is 5.26. The molecule has 0 radical (unpaired) electrons. The van der Waals surface area contributed by atoms with E-state index < -0.39 is 0 Å². The van der Waals surface area contributed by atoms with Crippen molar-refractivity contribution in [2.45, 2.75) is 51.9 Å². The number of benzene rings is 2. The Morgan fingerprint density at radius 2 is 1.90 bits per heavy atom. The molecule has 0 saturated heterocycles. The molecule has 0 saturated carbocycles. The molecule has 0 bridgehead atoms. The van der Waals surface area contributed by atoms with Crippen LogP contribution in [0.25, 0.3) is 0 Å². The van der Waals surface area contributed by atoms with Crippen LogP contribution in [0.5, 0.6) is 5.75 Å². The number of nitrogens with zero attached hydrogens (tertiary/aromatic N) is 3. The second-order valence-corrected chi connectivity index (χ2v) is 8.15. The number of carbonyl (C=O) groups excluding carboxylic acids is 1. The van der Waals surface area contributed by atoms with Crippen LogP contribution in [-0.4, -0.2) is 26.3 Å². The lowest BCUT2D eigenvalue weighted by Crippen LogP contribution is -2.09. The average molecular weight is 410 g/mol. The number of ketones is 1. The minimum atomic E-state index is 0.0837. The quantitative estimate of drug-likeness (QED) is 0.355. The third-order valence-corrected chi connectivity index (χ3v) is 5.65. The molecule has 3 rings (SSSR count). The Kier molecular flexibility index (Phi) is 7.09. The summed E-state index contributed by atoms with van der Waals surface area (Å²) in [5.41, 5.74) is 3.06. The van der Waals surface area contributed by atoms with Crippen LogP contribution >= 0.6 is 11.8 Å². The minimum absolute atomic E-state index is 0.0837. The number of rotatable bonds is 9. The molecular weight excluding hydrogens is 382 g/mol. The molecule has 0 aliphatic carbocycles. The van der Waals surface area contributed by atoms with Crippen molar-refractivity contribution in [2.75, 3.05) is 5.75 Å². The fraction of sp³-hybridized carbons (Fsp3) is 0.348. The molecule has 2 aromatic carbocycles. The van der Waals surface area contributed by atoms with Crippen LogP contribution < -0.4 is 4.74 Å². The van der Waals surface area contributed by atoms with Crippen LogP contribution in [0.15, 0.2) is 53.7 Å². The second-order valence-electron chi connectivity index (χ2n) is 7.21. The van der Waals surface area contributed by atoms with Gasteiger partial charge in [-0.15, -0.1) is 10.2 Å². The van der Waals surface area contributed by atoms with Gasteiger partial charge in [0.05, 0.1) is 5.75 Å². The lowest BCUT2D eigenvalue weighted by molar-refractivity contribution is 0.102. The van der Waals surface area contributed by atoms with Gasteiger partial charge in [0.2, 0.25) is 0 Å². The smallest absolute Gasteiger partial charge is 0.191 e. The highest BCUT2D eigenvalue weighted by Crippen LogP contribution is 2.28. The van der Waals surface area contributed by atoms with Crippen molar-refractivity contribution in [3.05, 3.63) is 71.0 Å². The highest BCUT2D eigenvalue weighted by molar-refractivity contribution is 7.99. The van der Waals surface area contributed by atoms with Crippen LogP contribution in [0.2, 0.25) is 0 Å². The van der Waals surface area contributed by atoms with Crippen molar-refractivity contribution in [3.8, 4) is 5.75 Å². The molecule has 0 aliphatic heterocycles. The first-order valence-corrected chi connectivity index (χ1v) is 10.8. The maximum absolute atomic E-state index is 12.4. The van der Waals surface area contributed by atoms with Gasteiger partial charge in [-0.05, 0) is 37.0 Å². The molecule has 5 nitrogen and oxygen atoms in total. The van der Waals surface area contributed by atoms with Crippen molar-refractivity contribution >= 4 is 17.5 Å². The molecule has 3 aromatic rings. The molecule has 0 unspecified atom stereocenters. The van der Waals surface area contributed by atoms with Crippen LogP contribution in [0.4, 0.5) is 0 Å². The van der Waals surface area contributed by atoms with Gasteiger partial charge in [-0.1, -0.05) is 68.1 Å². The SMILES string of the molecule is CCn1c(COc2cc(C)ccc2C(C)C)nnc1SCC(=O)c1ccccc1. The van der Waals surface area contributed by atoms with E-state index >= 15 is 0 Å². The number of hydrogen-bond donors (Lipinski definition) is 0. The van der Waals surface area contributed by atoms with E-state index in [9.17, 15) is 4.79 Å². The van der Waals surface area contributed by atoms with Crippen molar-refractivity contribution < 1.29 is 9.53 Å². The maximum Gasteiger partial charge on any atom is 0.191 e. The summed E-state index contributed by atoms with van der Waals surface area (Å²) < 4.78 is 8.12. The Balaban J connectivity index is 1.69. The first-order valence-electron chi connectivity index (χ1n) is 9.86.